The average molecular weight is 172 g/mol. The Bertz CT molecular complexity index is 228. The lowest BCUT2D eigenvalue weighted by Crippen LogP contribution is -1.90. The summed E-state index contributed by atoms with van der Waals surface area (Å²) < 4.78 is 5.09. The van der Waals surface area contributed by atoms with Crippen LogP contribution >= 0.6 is 11.8 Å². The molecule has 2 nitrogen and oxygen atoms in total. The van der Waals surface area contributed by atoms with Gasteiger partial charge in [0.1, 0.15) is 5.75 Å². The van der Waals surface area contributed by atoms with Crippen LogP contribution in [0.15, 0.2) is 18.2 Å². The smallest absolute Gasteiger partial charge is 0.123 e. The highest BCUT2D eigenvalue weighted by atomic mass is 35.5. The normalized spacial score (nSPS) is 9.36. The van der Waals surface area contributed by atoms with Gasteiger partial charge in [0.05, 0.1) is 12.8 Å². The van der Waals surface area contributed by atoms with Crippen LogP contribution in [0.5, 0.6) is 5.75 Å². The lowest BCUT2D eigenvalue weighted by Gasteiger charge is -2.07. The molecule has 0 aliphatic heterocycles. The van der Waals surface area contributed by atoms with Crippen molar-refractivity contribution in [3.63, 3.8) is 0 Å². The minimum absolute atomic E-state index is 0.843. The maximum absolute atomic E-state index is 5.46. The molecule has 0 fully saturated rings. The van der Waals surface area contributed by atoms with Crippen LogP contribution in [0.4, 0.5) is 5.69 Å². The van der Waals surface area contributed by atoms with Gasteiger partial charge in [-0.25, -0.2) is 0 Å². The van der Waals surface area contributed by atoms with Gasteiger partial charge in [0.15, 0.2) is 0 Å². The molecule has 0 spiro atoms. The highest BCUT2D eigenvalue weighted by molar-refractivity contribution is 6.24. The number of hydrogen-bond acceptors (Lipinski definition) is 2. The number of benzene rings is 1. The predicted molar refractivity (Wildman–Crippen MR) is 47.2 cm³/mol. The number of methoxy groups -OCH3 is 1. The van der Waals surface area contributed by atoms with E-state index >= 15 is 0 Å². The largest absolute Gasteiger partial charge is 0.496 e. The molecule has 0 amide bonds. The summed E-state index contributed by atoms with van der Waals surface area (Å²) in [5, 5.41) is 0. The van der Waals surface area contributed by atoms with Gasteiger partial charge in [-0.15, -0.1) is 0 Å². The molecule has 0 unspecified atom stereocenters. The minimum atomic E-state index is 0.843. The fraction of sp³-hybridized carbons (Fsp3) is 0.250. The third-order valence-corrected chi connectivity index (χ3v) is 1.81. The summed E-state index contributed by atoms with van der Waals surface area (Å²) in [6, 6.07) is 5.68. The van der Waals surface area contributed by atoms with Crippen molar-refractivity contribution in [2.45, 2.75) is 6.92 Å². The molecule has 0 bridgehead atoms. The molecule has 1 aromatic carbocycles. The van der Waals surface area contributed by atoms with E-state index in [2.05, 4.69) is 4.84 Å². The number of ether oxygens (including phenoxy) is 1. The standard InChI is InChI=1S/C8H10ClNO/c1-6-7(10-9)4-3-5-8(6)11-2/h3-5,10H,1-2H3. The van der Waals surface area contributed by atoms with E-state index in [9.17, 15) is 0 Å². The van der Waals surface area contributed by atoms with Gasteiger partial charge in [-0.05, 0) is 19.1 Å². The maximum atomic E-state index is 5.46. The first-order valence-corrected chi connectivity index (χ1v) is 3.67. The molecular formula is C8H10ClNO. The molecule has 60 valence electrons. The zero-order valence-corrected chi connectivity index (χ0v) is 7.27. The van der Waals surface area contributed by atoms with Crippen LogP contribution in [-0.4, -0.2) is 7.11 Å². The molecule has 0 aliphatic carbocycles. The van der Waals surface area contributed by atoms with Crippen molar-refractivity contribution in [1.82, 2.24) is 0 Å². The Morgan fingerprint density at radius 2 is 2.18 bits per heavy atom. The monoisotopic (exact) mass is 171 g/mol. The highest BCUT2D eigenvalue weighted by Crippen LogP contribution is 2.24. The van der Waals surface area contributed by atoms with Gasteiger partial charge in [-0.2, -0.15) is 0 Å². The maximum Gasteiger partial charge on any atom is 0.123 e. The Kier molecular flexibility index (Phi) is 2.60. The lowest BCUT2D eigenvalue weighted by atomic mass is 10.2. The zero-order chi connectivity index (χ0) is 8.27. The van der Waals surface area contributed by atoms with Crippen molar-refractivity contribution >= 4 is 17.5 Å². The summed E-state index contributed by atoms with van der Waals surface area (Å²) in [4.78, 5) is 2.56. The number of halogens is 1. The molecule has 0 radical (unpaired) electrons. The lowest BCUT2D eigenvalue weighted by molar-refractivity contribution is 0.412. The second-order valence-corrected chi connectivity index (χ2v) is 2.42. The number of rotatable bonds is 2. The second-order valence-electron chi connectivity index (χ2n) is 2.23. The quantitative estimate of drug-likeness (QED) is 0.691. The topological polar surface area (TPSA) is 21.3 Å². The molecule has 0 aliphatic rings. The summed E-state index contributed by atoms with van der Waals surface area (Å²) >= 11 is 5.46. The molecular weight excluding hydrogens is 162 g/mol. The van der Waals surface area contributed by atoms with Crippen molar-refractivity contribution in [2.24, 2.45) is 0 Å². The Morgan fingerprint density at radius 3 is 2.73 bits per heavy atom. The van der Waals surface area contributed by atoms with Crippen molar-refractivity contribution in [3.8, 4) is 5.75 Å². The van der Waals surface area contributed by atoms with Crippen molar-refractivity contribution < 1.29 is 4.74 Å². The van der Waals surface area contributed by atoms with Crippen LogP contribution in [0.1, 0.15) is 5.56 Å². The number of anilines is 1. The van der Waals surface area contributed by atoms with Gasteiger partial charge in [0, 0.05) is 17.3 Å². The van der Waals surface area contributed by atoms with Crippen molar-refractivity contribution in [2.75, 3.05) is 11.9 Å². The van der Waals surface area contributed by atoms with E-state index in [-0.39, 0.29) is 0 Å². The van der Waals surface area contributed by atoms with Crippen LogP contribution < -0.4 is 9.57 Å². The third-order valence-electron chi connectivity index (χ3n) is 1.61. The van der Waals surface area contributed by atoms with Gasteiger partial charge in [0.2, 0.25) is 0 Å². The fourth-order valence-corrected chi connectivity index (χ4v) is 1.14. The molecule has 0 atom stereocenters. The molecule has 11 heavy (non-hydrogen) atoms. The number of hydrogen-bond donors (Lipinski definition) is 1. The van der Waals surface area contributed by atoms with Crippen molar-refractivity contribution in [1.29, 1.82) is 0 Å². The fourth-order valence-electron chi connectivity index (χ4n) is 0.938. The summed E-state index contributed by atoms with van der Waals surface area (Å²) in [5.74, 6) is 0.843. The average Bonchev–Trinajstić information content (AvgIpc) is 2.05. The zero-order valence-electron chi connectivity index (χ0n) is 6.52. The first kappa shape index (κ1) is 8.21. The van der Waals surface area contributed by atoms with Crippen LogP contribution in [0.25, 0.3) is 0 Å². The Labute approximate surface area is 71.2 Å². The van der Waals surface area contributed by atoms with E-state index in [1.165, 1.54) is 0 Å². The van der Waals surface area contributed by atoms with E-state index in [1.54, 1.807) is 7.11 Å². The van der Waals surface area contributed by atoms with Gasteiger partial charge < -0.3 is 4.74 Å². The Balaban J connectivity index is 3.10. The first-order chi connectivity index (χ1) is 5.29. The van der Waals surface area contributed by atoms with Crippen LogP contribution in [0.2, 0.25) is 0 Å². The predicted octanol–water partition coefficient (Wildman–Crippen LogP) is 2.57. The molecule has 1 rings (SSSR count). The van der Waals surface area contributed by atoms with E-state index < -0.39 is 0 Å². The van der Waals surface area contributed by atoms with E-state index in [1.807, 2.05) is 25.1 Å². The molecule has 0 saturated carbocycles. The highest BCUT2D eigenvalue weighted by Gasteiger charge is 2.00. The molecule has 1 aromatic rings. The second kappa shape index (κ2) is 3.49. The molecule has 0 heterocycles. The van der Waals surface area contributed by atoms with E-state index in [0.717, 1.165) is 17.0 Å². The van der Waals surface area contributed by atoms with Crippen LogP contribution in [0.3, 0.4) is 0 Å². The van der Waals surface area contributed by atoms with Crippen LogP contribution in [0, 0.1) is 6.92 Å². The van der Waals surface area contributed by atoms with Crippen molar-refractivity contribution in [3.05, 3.63) is 23.8 Å². The Morgan fingerprint density at radius 1 is 1.45 bits per heavy atom. The summed E-state index contributed by atoms with van der Waals surface area (Å²) in [6.07, 6.45) is 0. The molecule has 0 saturated heterocycles. The van der Waals surface area contributed by atoms with Gasteiger partial charge in [-0.3, -0.25) is 4.84 Å². The third kappa shape index (κ3) is 1.57. The number of nitrogens with one attached hydrogen (secondary N) is 1. The summed E-state index contributed by atoms with van der Waals surface area (Å²) in [6.45, 7) is 1.95. The van der Waals surface area contributed by atoms with Gasteiger partial charge in [-0.1, -0.05) is 6.07 Å². The SMILES string of the molecule is COc1cccc(NCl)c1C. The van der Waals surface area contributed by atoms with Gasteiger partial charge >= 0.3 is 0 Å². The van der Waals surface area contributed by atoms with E-state index in [4.69, 9.17) is 16.5 Å². The minimum Gasteiger partial charge on any atom is -0.496 e. The van der Waals surface area contributed by atoms with Crippen LogP contribution in [-0.2, 0) is 0 Å². The molecule has 0 aromatic heterocycles. The van der Waals surface area contributed by atoms with E-state index in [0.29, 0.717) is 0 Å². The summed E-state index contributed by atoms with van der Waals surface area (Å²) in [5.41, 5.74) is 1.90. The summed E-state index contributed by atoms with van der Waals surface area (Å²) in [7, 11) is 1.64. The van der Waals surface area contributed by atoms with Gasteiger partial charge in [0.25, 0.3) is 0 Å². The Hall–Kier alpha value is -0.890. The molecule has 3 heteroatoms. The molecule has 1 N–H and O–H groups in total. The first-order valence-electron chi connectivity index (χ1n) is 3.30.